The molecule has 0 N–H and O–H groups in total. The highest BCUT2D eigenvalue weighted by molar-refractivity contribution is 5.94. The Morgan fingerprint density at radius 2 is 1.57 bits per heavy atom. The average Bonchev–Trinajstić information content (AvgIpc) is 2.81. The van der Waals surface area contributed by atoms with Crippen molar-refractivity contribution in [2.45, 2.75) is 91.0 Å². The first kappa shape index (κ1) is 32.0. The fourth-order valence-corrected chi connectivity index (χ4v) is 5.57. The van der Waals surface area contributed by atoms with Crippen molar-refractivity contribution in [2.24, 2.45) is 0 Å². The second-order valence-corrected chi connectivity index (χ2v) is 13.0. The summed E-state index contributed by atoms with van der Waals surface area (Å²) in [4.78, 5) is 37.5. The fourth-order valence-electron chi connectivity index (χ4n) is 5.57. The minimum absolute atomic E-state index is 0. The monoisotopic (exact) mass is 628 g/mol. The molecule has 0 aromatic heterocycles. The smallest absolute Gasteiger partial charge is 0.254 e. The van der Waals surface area contributed by atoms with Crippen molar-refractivity contribution in [3.8, 4) is 0 Å². The van der Waals surface area contributed by atoms with Crippen LogP contribution in [0.25, 0.3) is 0 Å². The van der Waals surface area contributed by atoms with Crippen LogP contribution in [0, 0.1) is 0 Å². The Hall–Kier alpha value is -1.23. The lowest BCUT2D eigenvalue weighted by molar-refractivity contribution is -0.894. The van der Waals surface area contributed by atoms with Crippen LogP contribution in [-0.4, -0.2) is 94.6 Å². The van der Waals surface area contributed by atoms with E-state index in [2.05, 4.69) is 62.6 Å². The normalized spacial score (nSPS) is 22.4. The molecule has 1 atom stereocenters. The van der Waals surface area contributed by atoms with E-state index in [1.54, 1.807) is 0 Å². The van der Waals surface area contributed by atoms with Gasteiger partial charge in [0.2, 0.25) is 5.91 Å². The number of benzene rings is 1. The van der Waals surface area contributed by atoms with Crippen LogP contribution in [0.4, 0.5) is 0 Å². The summed E-state index contributed by atoms with van der Waals surface area (Å²) in [5, 5.41) is 1.99. The van der Waals surface area contributed by atoms with Gasteiger partial charge in [-0.1, -0.05) is 26.0 Å². The molecule has 2 saturated heterocycles. The van der Waals surface area contributed by atoms with E-state index in [-0.39, 0.29) is 53.0 Å². The van der Waals surface area contributed by atoms with E-state index in [0.717, 1.165) is 36.2 Å². The fraction of sp³-hybridized carbons (Fsp3) is 0.724. The lowest BCUT2D eigenvalue weighted by Gasteiger charge is -2.59. The number of hydrogen-bond acceptors (Lipinski definition) is 4. The molecule has 2 aliphatic rings. The Balaban J connectivity index is 0.00000481. The number of carbonyl (C=O) groups is 2. The third-order valence-electron chi connectivity index (χ3n) is 8.23. The van der Waals surface area contributed by atoms with Crippen molar-refractivity contribution >= 4 is 11.8 Å². The second-order valence-electron chi connectivity index (χ2n) is 13.0. The number of likely N-dealkylation sites (N-methyl/N-ethyl adjacent to an activating group) is 1. The van der Waals surface area contributed by atoms with Crippen molar-refractivity contribution < 1.29 is 42.9 Å². The molecule has 0 spiro atoms. The molecule has 2 amide bonds. The van der Waals surface area contributed by atoms with E-state index in [4.69, 9.17) is 4.84 Å². The van der Waals surface area contributed by atoms with Gasteiger partial charge in [-0.05, 0) is 72.1 Å². The van der Waals surface area contributed by atoms with Crippen LogP contribution in [0.5, 0.6) is 0 Å². The molecule has 1 aromatic carbocycles. The van der Waals surface area contributed by atoms with Crippen molar-refractivity contribution in [3.63, 3.8) is 0 Å². The second kappa shape index (κ2) is 11.5. The predicted molar refractivity (Wildman–Crippen MR) is 144 cm³/mol. The Morgan fingerprint density at radius 1 is 1.05 bits per heavy atom. The zero-order chi connectivity index (χ0) is 27.1. The van der Waals surface area contributed by atoms with E-state index in [1.165, 1.54) is 0 Å². The average molecular weight is 629 g/mol. The topological polar surface area (TPSA) is 53.1 Å². The predicted octanol–water partition coefficient (Wildman–Crippen LogP) is 1.50. The molecular weight excluding hydrogens is 579 g/mol. The highest BCUT2D eigenvalue weighted by Crippen LogP contribution is 2.42. The van der Waals surface area contributed by atoms with Crippen molar-refractivity contribution in [1.29, 1.82) is 0 Å². The number of amides is 2. The summed E-state index contributed by atoms with van der Waals surface area (Å²) in [6.07, 6.45) is 1.08. The number of quaternary nitrogens is 1. The van der Waals surface area contributed by atoms with Crippen LogP contribution >= 0.6 is 0 Å². The third kappa shape index (κ3) is 6.50. The number of nitrogens with zero attached hydrogens (tertiary/aromatic N) is 4. The summed E-state index contributed by atoms with van der Waals surface area (Å²) >= 11 is 0. The summed E-state index contributed by atoms with van der Waals surface area (Å²) in [6.45, 7) is 20.9. The molecule has 2 aliphatic heterocycles. The van der Waals surface area contributed by atoms with E-state index >= 15 is 0 Å². The minimum Gasteiger partial charge on any atom is -1.00 e. The molecule has 3 rings (SSSR count). The highest BCUT2D eigenvalue weighted by atomic mass is 127. The molecule has 0 saturated carbocycles. The van der Waals surface area contributed by atoms with E-state index in [1.807, 2.05) is 46.1 Å². The summed E-state index contributed by atoms with van der Waals surface area (Å²) in [5.74, 6) is 0.228. The number of hydroxylamine groups is 2. The van der Waals surface area contributed by atoms with E-state index in [9.17, 15) is 9.59 Å². The number of carbonyl (C=O) groups excluding carboxylic acids is 2. The standard InChI is InChI=1S/C29H49N4O3.HI/c1-11-29(12-2)26(35)31(27(4,5)6)21-28(7,8)32(29)36-22(3)23-13-15-24(16-14-23)25(34)30-17-19-33(9,10)20-18-30;/h13-16,22H,11-12,17-21H2,1-10H3;1H/q+1;/p-1. The SMILES string of the molecule is CCC1(CC)C(=O)N(C(C)(C)C)CC(C)(C)N1OC(C)c1ccc(C(=O)N2CC[N+](C)(C)CC2)cc1.[I-]. The van der Waals surface area contributed by atoms with Gasteiger partial charge in [0, 0.05) is 17.6 Å². The Labute approximate surface area is 242 Å². The Morgan fingerprint density at radius 3 is 2.03 bits per heavy atom. The number of halogens is 1. The first-order chi connectivity index (χ1) is 16.6. The van der Waals surface area contributed by atoms with Gasteiger partial charge in [-0.3, -0.25) is 14.4 Å². The molecule has 0 bridgehead atoms. The molecule has 0 radical (unpaired) electrons. The summed E-state index contributed by atoms with van der Waals surface area (Å²) in [5.41, 5.74) is 0.361. The van der Waals surface area contributed by atoms with Crippen LogP contribution in [0.15, 0.2) is 24.3 Å². The van der Waals surface area contributed by atoms with Crippen molar-refractivity contribution in [3.05, 3.63) is 35.4 Å². The van der Waals surface area contributed by atoms with Gasteiger partial charge in [0.25, 0.3) is 5.91 Å². The van der Waals surface area contributed by atoms with Gasteiger partial charge in [0.1, 0.15) is 11.6 Å². The van der Waals surface area contributed by atoms with Gasteiger partial charge >= 0.3 is 0 Å². The zero-order valence-electron chi connectivity index (χ0n) is 24.7. The summed E-state index contributed by atoms with van der Waals surface area (Å²) in [7, 11) is 4.42. The first-order valence-corrected chi connectivity index (χ1v) is 13.6. The largest absolute Gasteiger partial charge is 1.00 e. The maximum absolute atomic E-state index is 13.8. The van der Waals surface area contributed by atoms with E-state index in [0.29, 0.717) is 24.9 Å². The Bertz CT molecular complexity index is 941. The van der Waals surface area contributed by atoms with Gasteiger partial charge in [-0.25, -0.2) is 0 Å². The molecule has 210 valence electrons. The third-order valence-corrected chi connectivity index (χ3v) is 8.23. The molecule has 37 heavy (non-hydrogen) atoms. The number of hydrogen-bond donors (Lipinski definition) is 0. The first-order valence-electron chi connectivity index (χ1n) is 13.6. The van der Waals surface area contributed by atoms with Crippen LogP contribution in [-0.2, 0) is 9.63 Å². The van der Waals surface area contributed by atoms with Crippen LogP contribution in [0.2, 0.25) is 0 Å². The molecule has 1 unspecified atom stereocenters. The maximum atomic E-state index is 13.8. The zero-order valence-corrected chi connectivity index (χ0v) is 26.9. The van der Waals surface area contributed by atoms with Crippen LogP contribution in [0.1, 0.15) is 90.3 Å². The van der Waals surface area contributed by atoms with Crippen LogP contribution < -0.4 is 24.0 Å². The number of piperazine rings is 2. The molecule has 2 heterocycles. The van der Waals surface area contributed by atoms with Gasteiger partial charge in [-0.2, -0.15) is 5.06 Å². The quantitative estimate of drug-likeness (QED) is 0.354. The lowest BCUT2D eigenvalue weighted by atomic mass is 9.80. The van der Waals surface area contributed by atoms with Crippen molar-refractivity contribution in [2.75, 3.05) is 46.8 Å². The summed E-state index contributed by atoms with van der Waals surface area (Å²) in [6, 6.07) is 7.79. The summed E-state index contributed by atoms with van der Waals surface area (Å²) < 4.78 is 0.956. The minimum atomic E-state index is -0.722. The van der Waals surface area contributed by atoms with Gasteiger partial charge in [-0.15, -0.1) is 0 Å². The molecular formula is C29H49IN4O3. The molecule has 1 aromatic rings. The molecule has 0 aliphatic carbocycles. The molecule has 7 nitrogen and oxygen atoms in total. The highest BCUT2D eigenvalue weighted by Gasteiger charge is 2.57. The number of rotatable bonds is 6. The van der Waals surface area contributed by atoms with E-state index < -0.39 is 5.54 Å². The van der Waals surface area contributed by atoms with Gasteiger partial charge < -0.3 is 38.3 Å². The van der Waals surface area contributed by atoms with Crippen LogP contribution in [0.3, 0.4) is 0 Å². The maximum Gasteiger partial charge on any atom is 0.254 e. The molecule has 2 fully saturated rings. The van der Waals surface area contributed by atoms with Gasteiger partial charge in [0.15, 0.2) is 0 Å². The lowest BCUT2D eigenvalue weighted by Crippen LogP contribution is -3.00. The van der Waals surface area contributed by atoms with Gasteiger partial charge in [0.05, 0.1) is 45.8 Å². The Kier molecular flexibility index (Phi) is 9.92. The molecule has 8 heteroatoms. The van der Waals surface area contributed by atoms with Crippen molar-refractivity contribution in [1.82, 2.24) is 14.9 Å².